The molecule has 36 heavy (non-hydrogen) atoms. The fourth-order valence-corrected chi connectivity index (χ4v) is 5.23. The van der Waals surface area contributed by atoms with Crippen LogP contribution in [-0.2, 0) is 6.61 Å². The summed E-state index contributed by atoms with van der Waals surface area (Å²) in [5.41, 5.74) is 3.73. The Hall–Kier alpha value is -3.37. The summed E-state index contributed by atoms with van der Waals surface area (Å²) < 4.78 is 14.1. The SMILES string of the molecule is COc1ccc(-n2c(C)nnc2S[C@H](C[N+](=O)[O-])c2cc(Br)ccc2OCc2ccc(C)cc2)cc1. The molecule has 186 valence electrons. The van der Waals surface area contributed by atoms with E-state index >= 15 is 0 Å². The van der Waals surface area contributed by atoms with Gasteiger partial charge in [0.15, 0.2) is 5.16 Å². The quantitative estimate of drug-likeness (QED) is 0.125. The third kappa shape index (κ3) is 6.24. The van der Waals surface area contributed by atoms with Crippen LogP contribution in [0.25, 0.3) is 5.69 Å². The van der Waals surface area contributed by atoms with Gasteiger partial charge in [-0.1, -0.05) is 57.5 Å². The number of aryl methyl sites for hydroxylation is 2. The predicted octanol–water partition coefficient (Wildman–Crippen LogP) is 6.34. The lowest BCUT2D eigenvalue weighted by Crippen LogP contribution is -2.12. The maximum Gasteiger partial charge on any atom is 0.220 e. The molecule has 3 aromatic carbocycles. The average Bonchev–Trinajstić information content (AvgIpc) is 3.23. The Morgan fingerprint density at radius 1 is 1.06 bits per heavy atom. The van der Waals surface area contributed by atoms with Crippen molar-refractivity contribution in [3.63, 3.8) is 0 Å². The van der Waals surface area contributed by atoms with Crippen LogP contribution in [0.2, 0.25) is 0 Å². The molecule has 0 saturated heterocycles. The summed E-state index contributed by atoms with van der Waals surface area (Å²) in [5, 5.41) is 20.2. The number of hydrogen-bond donors (Lipinski definition) is 0. The van der Waals surface area contributed by atoms with Crippen molar-refractivity contribution in [1.82, 2.24) is 14.8 Å². The lowest BCUT2D eigenvalue weighted by atomic mass is 10.1. The van der Waals surface area contributed by atoms with Crippen molar-refractivity contribution in [2.75, 3.05) is 13.7 Å². The number of nitrogens with zero attached hydrogens (tertiary/aromatic N) is 4. The molecular weight excluding hydrogens is 544 g/mol. The van der Waals surface area contributed by atoms with Crippen molar-refractivity contribution < 1.29 is 14.4 Å². The average molecular weight is 569 g/mol. The summed E-state index contributed by atoms with van der Waals surface area (Å²) in [7, 11) is 1.61. The van der Waals surface area contributed by atoms with Crippen molar-refractivity contribution in [3.8, 4) is 17.2 Å². The zero-order valence-corrected chi connectivity index (χ0v) is 22.5. The summed E-state index contributed by atoms with van der Waals surface area (Å²) >= 11 is 4.79. The molecule has 1 heterocycles. The molecule has 0 N–H and O–H groups in total. The summed E-state index contributed by atoms with van der Waals surface area (Å²) in [6, 6.07) is 21.1. The molecule has 0 amide bonds. The Kier molecular flexibility index (Phi) is 8.27. The van der Waals surface area contributed by atoms with Crippen LogP contribution in [0.4, 0.5) is 0 Å². The highest BCUT2D eigenvalue weighted by atomic mass is 79.9. The Labute approximate surface area is 221 Å². The van der Waals surface area contributed by atoms with Gasteiger partial charge in [-0.05, 0) is 61.9 Å². The largest absolute Gasteiger partial charge is 0.497 e. The maximum absolute atomic E-state index is 11.7. The van der Waals surface area contributed by atoms with E-state index in [0.717, 1.165) is 21.5 Å². The van der Waals surface area contributed by atoms with E-state index in [-0.39, 0.29) is 11.5 Å². The highest BCUT2D eigenvalue weighted by Gasteiger charge is 2.27. The lowest BCUT2D eigenvalue weighted by Gasteiger charge is -2.18. The fourth-order valence-electron chi connectivity index (χ4n) is 3.66. The predicted molar refractivity (Wildman–Crippen MR) is 143 cm³/mol. The van der Waals surface area contributed by atoms with Crippen molar-refractivity contribution in [1.29, 1.82) is 0 Å². The molecule has 4 aromatic rings. The van der Waals surface area contributed by atoms with Gasteiger partial charge < -0.3 is 9.47 Å². The van der Waals surface area contributed by atoms with Crippen LogP contribution in [0.1, 0.15) is 27.8 Å². The van der Waals surface area contributed by atoms with Gasteiger partial charge in [0.05, 0.1) is 7.11 Å². The topological polar surface area (TPSA) is 92.3 Å². The van der Waals surface area contributed by atoms with Gasteiger partial charge in [-0.25, -0.2) is 0 Å². The normalized spacial score (nSPS) is 11.8. The van der Waals surface area contributed by atoms with Gasteiger partial charge in [-0.15, -0.1) is 10.2 Å². The third-order valence-corrected chi connectivity index (χ3v) is 7.18. The summed E-state index contributed by atoms with van der Waals surface area (Å²) in [5.74, 6) is 1.99. The van der Waals surface area contributed by atoms with Gasteiger partial charge in [0, 0.05) is 20.6 Å². The summed E-state index contributed by atoms with van der Waals surface area (Å²) in [4.78, 5) is 11.4. The second-order valence-electron chi connectivity index (χ2n) is 8.14. The first-order valence-corrected chi connectivity index (χ1v) is 12.8. The lowest BCUT2D eigenvalue weighted by molar-refractivity contribution is -0.479. The standard InChI is InChI=1S/C26H25BrN4O4S/c1-17-4-6-19(7-5-17)16-35-24-13-8-20(27)14-23(24)25(15-30(32)33)36-26-29-28-18(2)31(26)21-9-11-22(34-3)12-10-21/h4-14,25H,15-16H2,1-3H3/t25-/m1/s1. The second kappa shape index (κ2) is 11.6. The number of rotatable bonds is 10. The molecule has 8 nitrogen and oxygen atoms in total. The summed E-state index contributed by atoms with van der Waals surface area (Å²) in [6.07, 6.45) is 0. The number of hydrogen-bond acceptors (Lipinski definition) is 7. The first-order valence-electron chi connectivity index (χ1n) is 11.2. The molecule has 0 saturated carbocycles. The molecule has 10 heteroatoms. The smallest absolute Gasteiger partial charge is 0.220 e. The summed E-state index contributed by atoms with van der Waals surface area (Å²) in [6.45, 7) is 3.92. The minimum absolute atomic E-state index is 0.309. The van der Waals surface area contributed by atoms with Crippen LogP contribution in [0.5, 0.6) is 11.5 Å². The minimum Gasteiger partial charge on any atom is -0.497 e. The van der Waals surface area contributed by atoms with Crippen molar-refractivity contribution in [3.05, 3.63) is 104 Å². The molecule has 1 atom stereocenters. The van der Waals surface area contributed by atoms with Crippen molar-refractivity contribution >= 4 is 27.7 Å². The first kappa shape index (κ1) is 25.7. The molecule has 0 bridgehead atoms. The number of thioether (sulfide) groups is 1. The van der Waals surface area contributed by atoms with E-state index in [9.17, 15) is 10.1 Å². The van der Waals surface area contributed by atoms with E-state index in [1.807, 2.05) is 85.1 Å². The zero-order chi connectivity index (χ0) is 25.7. The van der Waals surface area contributed by atoms with Gasteiger partial charge >= 0.3 is 0 Å². The molecular formula is C26H25BrN4O4S. The van der Waals surface area contributed by atoms with E-state index in [0.29, 0.717) is 28.9 Å². The van der Waals surface area contributed by atoms with E-state index in [2.05, 4.69) is 26.1 Å². The highest BCUT2D eigenvalue weighted by molar-refractivity contribution is 9.10. The van der Waals surface area contributed by atoms with Crippen LogP contribution < -0.4 is 9.47 Å². The second-order valence-corrected chi connectivity index (χ2v) is 10.2. The van der Waals surface area contributed by atoms with Crippen LogP contribution in [0, 0.1) is 24.0 Å². The van der Waals surface area contributed by atoms with E-state index in [4.69, 9.17) is 9.47 Å². The molecule has 0 radical (unpaired) electrons. The molecule has 0 aliphatic carbocycles. The highest BCUT2D eigenvalue weighted by Crippen LogP contribution is 2.41. The number of aromatic nitrogens is 3. The monoisotopic (exact) mass is 568 g/mol. The minimum atomic E-state index is -0.564. The first-order chi connectivity index (χ1) is 17.3. The van der Waals surface area contributed by atoms with Crippen LogP contribution >= 0.6 is 27.7 Å². The molecule has 0 unspecified atom stereocenters. The molecule has 0 aliphatic rings. The Balaban J connectivity index is 1.66. The third-order valence-electron chi connectivity index (χ3n) is 5.52. The number of ether oxygens (including phenoxy) is 2. The molecule has 0 spiro atoms. The Morgan fingerprint density at radius 2 is 1.78 bits per heavy atom. The fraction of sp³-hybridized carbons (Fsp3) is 0.231. The molecule has 0 aliphatic heterocycles. The number of halogens is 1. The molecule has 1 aromatic heterocycles. The number of benzene rings is 3. The molecule has 4 rings (SSSR count). The van der Waals surface area contributed by atoms with Gasteiger partial charge in [-0.3, -0.25) is 14.7 Å². The van der Waals surface area contributed by atoms with Crippen LogP contribution in [0.3, 0.4) is 0 Å². The van der Waals surface area contributed by atoms with Crippen LogP contribution in [-0.4, -0.2) is 33.3 Å². The van der Waals surface area contributed by atoms with E-state index in [1.54, 1.807) is 7.11 Å². The number of methoxy groups -OCH3 is 1. The number of nitro groups is 1. The van der Waals surface area contributed by atoms with E-state index < -0.39 is 5.25 Å². The van der Waals surface area contributed by atoms with Crippen LogP contribution in [0.15, 0.2) is 76.4 Å². The van der Waals surface area contributed by atoms with Gasteiger partial charge in [0.2, 0.25) is 6.54 Å². The van der Waals surface area contributed by atoms with E-state index in [1.165, 1.54) is 17.3 Å². The zero-order valence-electron chi connectivity index (χ0n) is 20.1. The van der Waals surface area contributed by atoms with Gasteiger partial charge in [-0.2, -0.15) is 0 Å². The Morgan fingerprint density at radius 3 is 2.44 bits per heavy atom. The van der Waals surface area contributed by atoms with Gasteiger partial charge in [0.1, 0.15) is 29.2 Å². The molecule has 0 fully saturated rings. The maximum atomic E-state index is 11.7. The van der Waals surface area contributed by atoms with Crippen molar-refractivity contribution in [2.24, 2.45) is 0 Å². The van der Waals surface area contributed by atoms with Gasteiger partial charge in [0.25, 0.3) is 0 Å². The van der Waals surface area contributed by atoms with Crippen molar-refractivity contribution in [2.45, 2.75) is 30.9 Å². The Bertz CT molecular complexity index is 1340.